The third kappa shape index (κ3) is 1.54. The van der Waals surface area contributed by atoms with Crippen LogP contribution < -0.4 is 0 Å². The van der Waals surface area contributed by atoms with E-state index in [4.69, 9.17) is 10.7 Å². The minimum atomic E-state index is -3.67. The zero-order chi connectivity index (χ0) is 10.3. The molecule has 0 aliphatic rings. The molecular weight excluding hydrogens is 241 g/mol. The molecule has 0 spiro atoms. The molecule has 14 heavy (non-hydrogen) atoms. The van der Waals surface area contributed by atoms with E-state index in [0.29, 0.717) is 5.39 Å². The van der Waals surface area contributed by atoms with E-state index in [2.05, 4.69) is 9.39 Å². The van der Waals surface area contributed by atoms with Gasteiger partial charge in [-0.25, -0.2) is 8.42 Å². The zero-order valence-corrected chi connectivity index (χ0v) is 9.74. The lowest BCUT2D eigenvalue weighted by atomic mass is 10.2. The topological polar surface area (TPSA) is 39.1 Å². The summed E-state index contributed by atoms with van der Waals surface area (Å²) >= 11 is 0. The number of para-hydroxylation sites is 1. The predicted molar refractivity (Wildman–Crippen MR) is 60.1 cm³/mol. The maximum atomic E-state index is 11.2. The largest absolute Gasteiger partial charge is 0.331 e. The second kappa shape index (κ2) is 3.23. The van der Waals surface area contributed by atoms with Gasteiger partial charge in [0.1, 0.15) is 4.90 Å². The Bertz CT molecular complexity index is 590. The molecule has 0 saturated carbocycles. The van der Waals surface area contributed by atoms with Gasteiger partial charge in [-0.05, 0) is 15.5 Å². The van der Waals surface area contributed by atoms with Gasteiger partial charge < -0.3 is 4.34 Å². The quantitative estimate of drug-likeness (QED) is 0.572. The van der Waals surface area contributed by atoms with Crippen molar-refractivity contribution in [1.29, 1.82) is 0 Å². The van der Waals surface area contributed by atoms with E-state index in [1.54, 1.807) is 16.5 Å². The van der Waals surface area contributed by atoms with Crippen LogP contribution in [-0.2, 0) is 9.05 Å². The molecule has 0 amide bonds. The summed E-state index contributed by atoms with van der Waals surface area (Å²) in [4.78, 5) is 0.143. The van der Waals surface area contributed by atoms with Gasteiger partial charge in [-0.3, -0.25) is 0 Å². The number of aromatic nitrogens is 1. The first-order valence-corrected chi connectivity index (χ1v) is 6.62. The van der Waals surface area contributed by atoms with Crippen molar-refractivity contribution in [2.24, 2.45) is 0 Å². The third-order valence-electron chi connectivity index (χ3n) is 1.97. The lowest BCUT2D eigenvalue weighted by Crippen LogP contribution is -1.87. The molecule has 0 aliphatic heterocycles. The second-order valence-electron chi connectivity index (χ2n) is 2.86. The Morgan fingerprint density at radius 2 is 1.93 bits per heavy atom. The first-order valence-electron chi connectivity index (χ1n) is 3.80. The number of benzene rings is 1. The van der Waals surface area contributed by atoms with Crippen molar-refractivity contribution < 1.29 is 8.42 Å². The summed E-state index contributed by atoms with van der Waals surface area (Å²) in [6, 6.07) is 7.17. The van der Waals surface area contributed by atoms with Gasteiger partial charge in [-0.1, -0.05) is 18.2 Å². The molecule has 1 aromatic heterocycles. The Labute approximate surface area is 88.4 Å². The van der Waals surface area contributed by atoms with Crippen LogP contribution in [0.15, 0.2) is 35.4 Å². The van der Waals surface area contributed by atoms with Gasteiger partial charge in [-0.15, -0.1) is 0 Å². The summed E-state index contributed by atoms with van der Waals surface area (Å²) in [6.07, 6.45) is 1.48. The van der Waals surface area contributed by atoms with Gasteiger partial charge in [0.15, 0.2) is 0 Å². The number of halogens is 1. The first-order chi connectivity index (χ1) is 6.50. The normalized spacial score (nSPS) is 12.1. The smallest absolute Gasteiger partial charge is 0.263 e. The second-order valence-corrected chi connectivity index (χ2v) is 5.95. The van der Waals surface area contributed by atoms with Crippen molar-refractivity contribution in [3.05, 3.63) is 30.5 Å². The van der Waals surface area contributed by atoms with E-state index in [9.17, 15) is 8.42 Å². The Hall–Kier alpha value is -0.570. The highest BCUT2D eigenvalue weighted by Gasteiger charge is 2.16. The van der Waals surface area contributed by atoms with Crippen LogP contribution >= 0.6 is 20.1 Å². The minimum Gasteiger partial charge on any atom is -0.331 e. The highest BCUT2D eigenvalue weighted by Crippen LogP contribution is 2.28. The summed E-state index contributed by atoms with van der Waals surface area (Å²) in [5.41, 5.74) is 0.816. The Morgan fingerprint density at radius 3 is 2.57 bits per heavy atom. The van der Waals surface area contributed by atoms with Gasteiger partial charge in [0.05, 0.1) is 5.52 Å². The van der Waals surface area contributed by atoms with E-state index in [-0.39, 0.29) is 4.90 Å². The van der Waals surface area contributed by atoms with Crippen LogP contribution in [0.5, 0.6) is 0 Å². The van der Waals surface area contributed by atoms with Crippen LogP contribution in [0.1, 0.15) is 0 Å². The van der Waals surface area contributed by atoms with Crippen molar-refractivity contribution in [3.63, 3.8) is 0 Å². The van der Waals surface area contributed by atoms with Gasteiger partial charge in [0, 0.05) is 22.3 Å². The monoisotopic (exact) mass is 247 g/mol. The Kier molecular flexibility index (Phi) is 2.30. The molecule has 1 atom stereocenters. The molecule has 1 unspecified atom stereocenters. The lowest BCUT2D eigenvalue weighted by Gasteiger charge is -1.92. The van der Waals surface area contributed by atoms with Crippen LogP contribution in [-0.4, -0.2) is 12.8 Å². The SMILES string of the molecule is O=S(=O)(Cl)c1cn(P)c2ccccc12. The highest BCUT2D eigenvalue weighted by atomic mass is 35.7. The maximum Gasteiger partial charge on any atom is 0.263 e. The van der Waals surface area contributed by atoms with Gasteiger partial charge in [-0.2, -0.15) is 0 Å². The highest BCUT2D eigenvalue weighted by molar-refractivity contribution is 8.14. The standard InChI is InChI=1S/C8H7ClNO2PS/c9-14(11,12)8-5-10(13)7-4-2-1-3-6(7)8/h1-5H,13H2. The van der Waals surface area contributed by atoms with E-state index < -0.39 is 9.05 Å². The number of rotatable bonds is 1. The van der Waals surface area contributed by atoms with E-state index >= 15 is 0 Å². The van der Waals surface area contributed by atoms with Crippen molar-refractivity contribution in [2.75, 3.05) is 0 Å². The van der Waals surface area contributed by atoms with Crippen LogP contribution in [0.3, 0.4) is 0 Å². The summed E-state index contributed by atoms with van der Waals surface area (Å²) in [7, 11) is 4.05. The molecule has 0 saturated heterocycles. The molecule has 1 aromatic carbocycles. The van der Waals surface area contributed by atoms with Crippen LogP contribution in [0, 0.1) is 0 Å². The van der Waals surface area contributed by atoms with Crippen molar-refractivity contribution >= 4 is 40.0 Å². The number of nitrogens with zero attached hydrogens (tertiary/aromatic N) is 1. The van der Waals surface area contributed by atoms with Gasteiger partial charge in [0.25, 0.3) is 9.05 Å². The molecule has 2 aromatic rings. The average molecular weight is 248 g/mol. The molecule has 3 nitrogen and oxygen atoms in total. The minimum absolute atomic E-state index is 0.143. The van der Waals surface area contributed by atoms with Crippen molar-refractivity contribution in [3.8, 4) is 0 Å². The van der Waals surface area contributed by atoms with Gasteiger partial charge >= 0.3 is 0 Å². The molecular formula is C8H7ClNO2PS. The predicted octanol–water partition coefficient (Wildman–Crippen LogP) is 2.21. The first kappa shape index (κ1) is 9.97. The molecule has 0 fully saturated rings. The zero-order valence-electron chi connectivity index (χ0n) is 7.01. The molecule has 0 N–H and O–H groups in total. The number of fused-ring (bicyclic) bond motifs is 1. The Balaban J connectivity index is 2.93. The van der Waals surface area contributed by atoms with Crippen LogP contribution in [0.2, 0.25) is 0 Å². The number of hydrogen-bond acceptors (Lipinski definition) is 2. The molecule has 0 bridgehead atoms. The van der Waals surface area contributed by atoms with Crippen molar-refractivity contribution in [2.45, 2.75) is 4.90 Å². The fourth-order valence-electron chi connectivity index (χ4n) is 1.37. The van der Waals surface area contributed by atoms with E-state index in [0.717, 1.165) is 5.52 Å². The van der Waals surface area contributed by atoms with Gasteiger partial charge in [0.2, 0.25) is 0 Å². The Morgan fingerprint density at radius 1 is 1.29 bits per heavy atom. The summed E-state index contributed by atoms with van der Waals surface area (Å²) < 4.78 is 24.1. The fraction of sp³-hybridized carbons (Fsp3) is 0. The maximum absolute atomic E-state index is 11.2. The summed E-state index contributed by atoms with van der Waals surface area (Å²) in [5.74, 6) is 0. The summed E-state index contributed by atoms with van der Waals surface area (Å²) in [5, 5.41) is 0.637. The molecule has 1 heterocycles. The third-order valence-corrected chi connectivity index (χ3v) is 3.74. The molecule has 6 heteroatoms. The molecule has 0 aliphatic carbocycles. The molecule has 2 rings (SSSR count). The van der Waals surface area contributed by atoms with Crippen LogP contribution in [0.4, 0.5) is 0 Å². The summed E-state index contributed by atoms with van der Waals surface area (Å²) in [6.45, 7) is 0. The van der Waals surface area contributed by atoms with E-state index in [1.165, 1.54) is 6.20 Å². The fourth-order valence-corrected chi connectivity index (χ4v) is 2.89. The average Bonchev–Trinajstić information content (AvgIpc) is 2.44. The van der Waals surface area contributed by atoms with Crippen LogP contribution in [0.25, 0.3) is 10.9 Å². The van der Waals surface area contributed by atoms with Crippen molar-refractivity contribution in [1.82, 2.24) is 4.34 Å². The molecule has 0 radical (unpaired) electrons. The van der Waals surface area contributed by atoms with E-state index in [1.807, 2.05) is 12.1 Å². The number of hydrogen-bond donors (Lipinski definition) is 0. The lowest BCUT2D eigenvalue weighted by molar-refractivity contribution is 0.610. The molecule has 74 valence electrons.